The lowest BCUT2D eigenvalue weighted by Crippen LogP contribution is -2.38. The van der Waals surface area contributed by atoms with E-state index in [1.807, 2.05) is 16.7 Å². The predicted octanol–water partition coefficient (Wildman–Crippen LogP) is 2.70. The van der Waals surface area contributed by atoms with Crippen LogP contribution in [0.1, 0.15) is 13.8 Å². The van der Waals surface area contributed by atoms with Crippen LogP contribution in [-0.2, 0) is 9.84 Å². The molecule has 2 amide bonds. The second kappa shape index (κ2) is 7.37. The molecular formula is C15H22N2O3S2. The molecular weight excluding hydrogens is 320 g/mol. The van der Waals surface area contributed by atoms with Gasteiger partial charge in [-0.05, 0) is 35.9 Å². The highest BCUT2D eigenvalue weighted by Crippen LogP contribution is 2.18. The van der Waals surface area contributed by atoms with E-state index in [9.17, 15) is 13.2 Å². The van der Waals surface area contributed by atoms with Gasteiger partial charge < -0.3 is 10.2 Å². The van der Waals surface area contributed by atoms with Crippen LogP contribution >= 0.6 is 11.8 Å². The molecule has 1 aliphatic rings. The van der Waals surface area contributed by atoms with E-state index in [1.165, 1.54) is 12.1 Å². The van der Waals surface area contributed by atoms with Gasteiger partial charge in [0.05, 0.1) is 10.6 Å². The molecule has 1 N–H and O–H groups in total. The lowest BCUT2D eigenvalue weighted by Gasteiger charge is -2.22. The summed E-state index contributed by atoms with van der Waals surface area (Å²) in [6.45, 7) is 5.25. The largest absolute Gasteiger partial charge is 0.323 e. The molecule has 1 fully saturated rings. The lowest BCUT2D eigenvalue weighted by molar-refractivity contribution is 0.210. The second-order valence-electron chi connectivity index (χ2n) is 5.48. The molecule has 0 saturated carbocycles. The fourth-order valence-electron chi connectivity index (χ4n) is 2.28. The summed E-state index contributed by atoms with van der Waals surface area (Å²) in [5.41, 5.74) is 0.615. The fourth-order valence-corrected chi connectivity index (χ4v) is 4.19. The Balaban J connectivity index is 2.02. The number of hydrogen-bond donors (Lipinski definition) is 1. The fraction of sp³-hybridized carbons (Fsp3) is 0.533. The first-order chi connectivity index (χ1) is 10.4. The van der Waals surface area contributed by atoms with Crippen molar-refractivity contribution in [2.45, 2.75) is 18.7 Å². The maximum Gasteiger partial charge on any atom is 0.321 e. The molecule has 5 nitrogen and oxygen atoms in total. The van der Waals surface area contributed by atoms with Crippen LogP contribution in [0, 0.1) is 5.92 Å². The van der Waals surface area contributed by atoms with Gasteiger partial charge in [0.25, 0.3) is 0 Å². The van der Waals surface area contributed by atoms with Crippen LogP contribution in [0.4, 0.5) is 10.5 Å². The van der Waals surface area contributed by atoms with E-state index in [0.717, 1.165) is 24.6 Å². The molecule has 1 heterocycles. The van der Waals surface area contributed by atoms with Gasteiger partial charge in [-0.2, -0.15) is 11.8 Å². The van der Waals surface area contributed by atoms with Gasteiger partial charge in [0.15, 0.2) is 9.84 Å². The summed E-state index contributed by atoms with van der Waals surface area (Å²) in [5, 5.41) is 2.84. The monoisotopic (exact) mass is 342 g/mol. The van der Waals surface area contributed by atoms with E-state index in [2.05, 4.69) is 12.2 Å². The molecule has 1 saturated heterocycles. The van der Waals surface area contributed by atoms with Gasteiger partial charge in [-0.25, -0.2) is 13.2 Å². The third-order valence-electron chi connectivity index (χ3n) is 3.57. The van der Waals surface area contributed by atoms with Crippen molar-refractivity contribution in [3.8, 4) is 0 Å². The van der Waals surface area contributed by atoms with Crippen molar-refractivity contribution in [2.24, 2.45) is 5.92 Å². The highest BCUT2D eigenvalue weighted by Gasteiger charge is 2.20. The van der Waals surface area contributed by atoms with Crippen molar-refractivity contribution in [1.29, 1.82) is 0 Å². The van der Waals surface area contributed by atoms with Gasteiger partial charge in [-0.3, -0.25) is 0 Å². The first-order valence-corrected chi connectivity index (χ1v) is 10.2. The van der Waals surface area contributed by atoms with Gasteiger partial charge in [-0.15, -0.1) is 0 Å². The van der Waals surface area contributed by atoms with Gasteiger partial charge in [0.2, 0.25) is 0 Å². The number of anilines is 1. The molecule has 0 aliphatic carbocycles. The van der Waals surface area contributed by atoms with E-state index in [0.29, 0.717) is 11.6 Å². The topological polar surface area (TPSA) is 66.5 Å². The van der Waals surface area contributed by atoms with Crippen molar-refractivity contribution in [3.05, 3.63) is 24.3 Å². The third kappa shape index (κ3) is 4.39. The molecule has 0 bridgehead atoms. The lowest BCUT2D eigenvalue weighted by atomic mass is 10.2. The van der Waals surface area contributed by atoms with E-state index in [4.69, 9.17) is 0 Å². The smallest absolute Gasteiger partial charge is 0.321 e. The Kier molecular flexibility index (Phi) is 5.74. The zero-order valence-electron chi connectivity index (χ0n) is 12.9. The zero-order valence-corrected chi connectivity index (χ0v) is 14.5. The molecule has 1 aromatic carbocycles. The van der Waals surface area contributed by atoms with E-state index >= 15 is 0 Å². The molecule has 122 valence electrons. The van der Waals surface area contributed by atoms with Crippen LogP contribution in [0.25, 0.3) is 0 Å². The standard InChI is InChI=1S/C15H22N2O3S2/c1-3-22(19,20)14-6-4-13(5-7-14)16-15(18)17-8-9-21-11-12(2)10-17/h4-7,12H,3,8-11H2,1-2H3,(H,16,18). The van der Waals surface area contributed by atoms with Crippen LogP contribution in [0.15, 0.2) is 29.2 Å². The van der Waals surface area contributed by atoms with E-state index in [-0.39, 0.29) is 16.7 Å². The van der Waals surface area contributed by atoms with Gasteiger partial charge >= 0.3 is 6.03 Å². The maximum atomic E-state index is 12.3. The van der Waals surface area contributed by atoms with Crippen molar-refractivity contribution in [3.63, 3.8) is 0 Å². The molecule has 1 aromatic rings. The molecule has 22 heavy (non-hydrogen) atoms. The minimum atomic E-state index is -3.20. The summed E-state index contributed by atoms with van der Waals surface area (Å²) < 4.78 is 23.5. The normalized spacial score (nSPS) is 19.5. The van der Waals surface area contributed by atoms with Crippen LogP contribution in [0.3, 0.4) is 0 Å². The summed E-state index contributed by atoms with van der Waals surface area (Å²) in [7, 11) is -3.20. The van der Waals surface area contributed by atoms with E-state index < -0.39 is 9.84 Å². The molecule has 1 atom stereocenters. The number of thioether (sulfide) groups is 1. The van der Waals surface area contributed by atoms with E-state index in [1.54, 1.807) is 19.1 Å². The van der Waals surface area contributed by atoms with Gasteiger partial charge in [-0.1, -0.05) is 13.8 Å². The first-order valence-electron chi connectivity index (χ1n) is 7.39. The number of carbonyl (C=O) groups is 1. The Morgan fingerprint density at radius 2 is 2.05 bits per heavy atom. The quantitative estimate of drug-likeness (QED) is 0.917. The molecule has 1 unspecified atom stereocenters. The molecule has 0 aromatic heterocycles. The molecule has 0 radical (unpaired) electrons. The number of urea groups is 1. The average molecular weight is 342 g/mol. The maximum absolute atomic E-state index is 12.3. The van der Waals surface area contributed by atoms with Crippen molar-refractivity contribution in [2.75, 3.05) is 35.7 Å². The van der Waals surface area contributed by atoms with Gasteiger partial charge in [0, 0.05) is 24.5 Å². The van der Waals surface area contributed by atoms with Crippen molar-refractivity contribution in [1.82, 2.24) is 4.90 Å². The highest BCUT2D eigenvalue weighted by molar-refractivity contribution is 7.99. The number of carbonyl (C=O) groups excluding carboxylic acids is 1. The Hall–Kier alpha value is -1.21. The molecule has 2 rings (SSSR count). The first kappa shape index (κ1) is 17.1. The summed E-state index contributed by atoms with van der Waals surface area (Å²) in [6.07, 6.45) is 0. The molecule has 1 aliphatic heterocycles. The molecule has 0 spiro atoms. The van der Waals surface area contributed by atoms with Crippen LogP contribution in [-0.4, -0.2) is 49.7 Å². The van der Waals surface area contributed by atoms with Crippen LogP contribution in [0.5, 0.6) is 0 Å². The number of benzene rings is 1. The zero-order chi connectivity index (χ0) is 16.2. The van der Waals surface area contributed by atoms with Crippen LogP contribution in [0.2, 0.25) is 0 Å². The van der Waals surface area contributed by atoms with Crippen molar-refractivity contribution >= 4 is 33.3 Å². The number of sulfone groups is 1. The summed E-state index contributed by atoms with van der Waals surface area (Å²) in [4.78, 5) is 14.4. The van der Waals surface area contributed by atoms with Crippen LogP contribution < -0.4 is 5.32 Å². The summed E-state index contributed by atoms with van der Waals surface area (Å²) >= 11 is 1.87. The Labute approximate surface area is 136 Å². The number of rotatable bonds is 3. The summed E-state index contributed by atoms with van der Waals surface area (Å²) in [5.74, 6) is 2.58. The number of hydrogen-bond acceptors (Lipinski definition) is 4. The third-order valence-corrected chi connectivity index (χ3v) is 6.60. The number of nitrogens with zero attached hydrogens (tertiary/aromatic N) is 1. The second-order valence-corrected chi connectivity index (χ2v) is 8.91. The minimum absolute atomic E-state index is 0.0715. The Morgan fingerprint density at radius 3 is 2.68 bits per heavy atom. The summed E-state index contributed by atoms with van der Waals surface area (Å²) in [6, 6.07) is 6.22. The van der Waals surface area contributed by atoms with Gasteiger partial charge in [0.1, 0.15) is 0 Å². The predicted molar refractivity (Wildman–Crippen MR) is 91.2 cm³/mol. The minimum Gasteiger partial charge on any atom is -0.323 e. The Bertz CT molecular complexity index is 614. The Morgan fingerprint density at radius 1 is 1.36 bits per heavy atom. The molecule has 7 heteroatoms. The van der Waals surface area contributed by atoms with Crippen molar-refractivity contribution < 1.29 is 13.2 Å². The number of amides is 2. The highest BCUT2D eigenvalue weighted by atomic mass is 32.2. The SMILES string of the molecule is CCS(=O)(=O)c1ccc(NC(=O)N2CCSCC(C)C2)cc1. The average Bonchev–Trinajstić information content (AvgIpc) is 2.72. The number of nitrogens with one attached hydrogen (secondary N) is 1.